The number of ether oxygens (including phenoxy) is 1. The molecule has 0 atom stereocenters. The minimum Gasteiger partial charge on any atom is -0.493 e. The fourth-order valence-corrected chi connectivity index (χ4v) is 1.65. The minimum absolute atomic E-state index is 0.173. The van der Waals surface area contributed by atoms with Crippen LogP contribution >= 0.6 is 0 Å². The van der Waals surface area contributed by atoms with Crippen LogP contribution in [-0.2, 0) is 0 Å². The summed E-state index contributed by atoms with van der Waals surface area (Å²) in [7, 11) is 0. The summed E-state index contributed by atoms with van der Waals surface area (Å²) in [6.45, 7) is 2.48. The third-order valence-corrected chi connectivity index (χ3v) is 2.39. The highest BCUT2D eigenvalue weighted by Gasteiger charge is 2.10. The molecule has 4 heteroatoms. The highest BCUT2D eigenvalue weighted by molar-refractivity contribution is 5.87. The van der Waals surface area contributed by atoms with Gasteiger partial charge in [0.25, 0.3) is 0 Å². The maximum atomic E-state index is 10.8. The summed E-state index contributed by atoms with van der Waals surface area (Å²) in [6.07, 6.45) is 0. The van der Waals surface area contributed by atoms with Gasteiger partial charge < -0.3 is 14.8 Å². The molecule has 17 heavy (non-hydrogen) atoms. The van der Waals surface area contributed by atoms with Crippen molar-refractivity contribution in [3.05, 3.63) is 42.1 Å². The van der Waals surface area contributed by atoms with E-state index in [2.05, 4.69) is 4.98 Å². The molecule has 0 aliphatic carbocycles. The van der Waals surface area contributed by atoms with Crippen molar-refractivity contribution >= 4 is 5.97 Å². The number of aromatic nitrogens is 1. The predicted molar refractivity (Wildman–Crippen MR) is 64.4 cm³/mol. The average molecular weight is 231 g/mol. The van der Waals surface area contributed by atoms with Crippen molar-refractivity contribution in [2.24, 2.45) is 0 Å². The third kappa shape index (κ3) is 2.30. The quantitative estimate of drug-likeness (QED) is 0.850. The second-order valence-corrected chi connectivity index (χ2v) is 3.52. The molecule has 1 aromatic heterocycles. The van der Waals surface area contributed by atoms with E-state index >= 15 is 0 Å². The van der Waals surface area contributed by atoms with Gasteiger partial charge in [-0.1, -0.05) is 12.1 Å². The molecule has 1 heterocycles. The Hall–Kier alpha value is -2.23. The zero-order valence-corrected chi connectivity index (χ0v) is 9.43. The largest absolute Gasteiger partial charge is 0.493 e. The highest BCUT2D eigenvalue weighted by Crippen LogP contribution is 2.29. The van der Waals surface area contributed by atoms with Gasteiger partial charge in [-0.05, 0) is 31.2 Å². The molecule has 0 saturated heterocycles. The second-order valence-electron chi connectivity index (χ2n) is 3.52. The lowest BCUT2D eigenvalue weighted by atomic mass is 10.1. The van der Waals surface area contributed by atoms with E-state index in [-0.39, 0.29) is 5.69 Å². The number of nitrogens with one attached hydrogen (secondary N) is 1. The first-order valence-corrected chi connectivity index (χ1v) is 5.37. The molecule has 2 aromatic rings. The molecule has 2 N–H and O–H groups in total. The molecule has 0 fully saturated rings. The lowest BCUT2D eigenvalue weighted by molar-refractivity contribution is 0.0691. The zero-order valence-electron chi connectivity index (χ0n) is 9.43. The number of aromatic amines is 1. The number of H-pyrrole nitrogens is 1. The van der Waals surface area contributed by atoms with Gasteiger partial charge in [0, 0.05) is 11.3 Å². The van der Waals surface area contributed by atoms with Crippen LogP contribution in [0.2, 0.25) is 0 Å². The highest BCUT2D eigenvalue weighted by atomic mass is 16.5. The smallest absolute Gasteiger partial charge is 0.352 e. The van der Waals surface area contributed by atoms with Crippen LogP contribution in [0.5, 0.6) is 5.75 Å². The van der Waals surface area contributed by atoms with Crippen molar-refractivity contribution in [1.82, 2.24) is 4.98 Å². The molecule has 0 amide bonds. The molecular weight excluding hydrogens is 218 g/mol. The lowest BCUT2D eigenvalue weighted by Crippen LogP contribution is -1.97. The Morgan fingerprint density at radius 3 is 2.71 bits per heavy atom. The summed E-state index contributed by atoms with van der Waals surface area (Å²) in [6, 6.07) is 10.8. The van der Waals surface area contributed by atoms with Crippen LogP contribution in [0, 0.1) is 0 Å². The van der Waals surface area contributed by atoms with E-state index in [9.17, 15) is 4.79 Å². The Kier molecular flexibility index (Phi) is 3.14. The fraction of sp³-hybridized carbons (Fsp3) is 0.154. The van der Waals surface area contributed by atoms with Gasteiger partial charge >= 0.3 is 5.97 Å². The van der Waals surface area contributed by atoms with Crippen LogP contribution in [-0.4, -0.2) is 22.7 Å². The SMILES string of the molecule is CCOc1ccccc1-c1ccc(C(=O)O)[nH]1. The predicted octanol–water partition coefficient (Wildman–Crippen LogP) is 2.78. The molecule has 0 radical (unpaired) electrons. The number of rotatable bonds is 4. The number of hydrogen-bond donors (Lipinski definition) is 2. The topological polar surface area (TPSA) is 62.3 Å². The maximum Gasteiger partial charge on any atom is 0.352 e. The van der Waals surface area contributed by atoms with Gasteiger partial charge in [0.2, 0.25) is 0 Å². The molecule has 88 valence electrons. The van der Waals surface area contributed by atoms with Gasteiger partial charge in [0.1, 0.15) is 11.4 Å². The van der Waals surface area contributed by atoms with E-state index in [1.807, 2.05) is 31.2 Å². The van der Waals surface area contributed by atoms with Crippen LogP contribution in [0.25, 0.3) is 11.3 Å². The molecule has 1 aromatic carbocycles. The lowest BCUT2D eigenvalue weighted by Gasteiger charge is -2.08. The molecule has 0 aliphatic heterocycles. The molecule has 0 saturated carbocycles. The number of carboxylic acid groups (broad SMARTS) is 1. The zero-order chi connectivity index (χ0) is 12.3. The third-order valence-electron chi connectivity index (χ3n) is 2.39. The van der Waals surface area contributed by atoms with Gasteiger partial charge in [-0.25, -0.2) is 4.79 Å². The number of para-hydroxylation sites is 1. The minimum atomic E-state index is -0.967. The monoisotopic (exact) mass is 231 g/mol. The van der Waals surface area contributed by atoms with Gasteiger partial charge in [0.05, 0.1) is 6.61 Å². The van der Waals surface area contributed by atoms with Gasteiger partial charge in [-0.2, -0.15) is 0 Å². The van der Waals surface area contributed by atoms with Crippen LogP contribution in [0.15, 0.2) is 36.4 Å². The molecule has 0 bridgehead atoms. The Bertz CT molecular complexity index is 531. The number of carbonyl (C=O) groups is 1. The van der Waals surface area contributed by atoms with E-state index < -0.39 is 5.97 Å². The van der Waals surface area contributed by atoms with E-state index in [1.54, 1.807) is 12.1 Å². The van der Waals surface area contributed by atoms with Crippen molar-refractivity contribution in [3.63, 3.8) is 0 Å². The Balaban J connectivity index is 2.41. The standard InChI is InChI=1S/C13H13NO3/c1-2-17-12-6-4-3-5-9(12)10-7-8-11(14-10)13(15)16/h3-8,14H,2H2,1H3,(H,15,16). The van der Waals surface area contributed by atoms with E-state index in [0.717, 1.165) is 17.0 Å². The average Bonchev–Trinajstić information content (AvgIpc) is 2.79. The van der Waals surface area contributed by atoms with Crippen molar-refractivity contribution in [2.45, 2.75) is 6.92 Å². The Morgan fingerprint density at radius 2 is 2.06 bits per heavy atom. The molecule has 4 nitrogen and oxygen atoms in total. The summed E-state index contributed by atoms with van der Waals surface area (Å²) in [4.78, 5) is 13.6. The number of benzene rings is 1. The van der Waals surface area contributed by atoms with E-state index in [0.29, 0.717) is 6.61 Å². The fourth-order valence-electron chi connectivity index (χ4n) is 1.65. The van der Waals surface area contributed by atoms with Crippen LogP contribution < -0.4 is 4.74 Å². The summed E-state index contributed by atoms with van der Waals surface area (Å²) >= 11 is 0. The van der Waals surface area contributed by atoms with Gasteiger partial charge in [-0.15, -0.1) is 0 Å². The van der Waals surface area contributed by atoms with E-state index in [4.69, 9.17) is 9.84 Å². The molecule has 2 rings (SSSR count). The summed E-state index contributed by atoms with van der Waals surface area (Å²) < 4.78 is 5.49. The summed E-state index contributed by atoms with van der Waals surface area (Å²) in [5.74, 6) is -0.223. The number of carboxylic acids is 1. The first kappa shape index (κ1) is 11.3. The van der Waals surface area contributed by atoms with Crippen LogP contribution in [0.1, 0.15) is 17.4 Å². The Labute approximate surface area is 98.9 Å². The van der Waals surface area contributed by atoms with Crippen LogP contribution in [0.4, 0.5) is 0 Å². The van der Waals surface area contributed by atoms with Gasteiger partial charge in [-0.3, -0.25) is 0 Å². The molecular formula is C13H13NO3. The first-order valence-electron chi connectivity index (χ1n) is 5.37. The molecule has 0 unspecified atom stereocenters. The van der Waals surface area contributed by atoms with Crippen molar-refractivity contribution in [2.75, 3.05) is 6.61 Å². The molecule has 0 aliphatic rings. The second kappa shape index (κ2) is 4.74. The summed E-state index contributed by atoms with van der Waals surface area (Å²) in [5.41, 5.74) is 1.78. The summed E-state index contributed by atoms with van der Waals surface area (Å²) in [5, 5.41) is 8.86. The van der Waals surface area contributed by atoms with Crippen LogP contribution in [0.3, 0.4) is 0 Å². The van der Waals surface area contributed by atoms with Crippen molar-refractivity contribution in [3.8, 4) is 17.0 Å². The normalized spacial score (nSPS) is 10.2. The first-order chi connectivity index (χ1) is 8.22. The van der Waals surface area contributed by atoms with Gasteiger partial charge in [0.15, 0.2) is 0 Å². The van der Waals surface area contributed by atoms with Crippen molar-refractivity contribution in [1.29, 1.82) is 0 Å². The van der Waals surface area contributed by atoms with Crippen molar-refractivity contribution < 1.29 is 14.6 Å². The molecule has 0 spiro atoms. The maximum absolute atomic E-state index is 10.8. The number of aromatic carboxylic acids is 1. The van der Waals surface area contributed by atoms with E-state index in [1.165, 1.54) is 0 Å². The Morgan fingerprint density at radius 1 is 1.29 bits per heavy atom. The number of hydrogen-bond acceptors (Lipinski definition) is 2.